The first-order valence-electron chi connectivity index (χ1n) is 9.97. The Balaban J connectivity index is 2.13. The first-order valence-corrected chi connectivity index (χ1v) is 17.5. The van der Waals surface area contributed by atoms with Crippen molar-refractivity contribution in [1.29, 1.82) is 0 Å². The fourth-order valence-corrected chi connectivity index (χ4v) is 5.00. The SMILES string of the molecule is CC(C)(C)[Si](C)(C)OCC(Br)c1cncc2cnn(COCC[Si](C)(C)C)c12. The summed E-state index contributed by atoms with van der Waals surface area (Å²) in [5.41, 5.74) is 2.17. The molecule has 0 amide bonds. The van der Waals surface area contributed by atoms with Crippen LogP contribution < -0.4 is 0 Å². The Morgan fingerprint density at radius 2 is 1.79 bits per heavy atom. The Bertz CT molecular complexity index is 782. The van der Waals surface area contributed by atoms with Crippen LogP contribution in [0, 0.1) is 0 Å². The lowest BCUT2D eigenvalue weighted by molar-refractivity contribution is 0.0816. The van der Waals surface area contributed by atoms with Crippen molar-refractivity contribution in [2.75, 3.05) is 13.2 Å². The Labute approximate surface area is 180 Å². The average Bonchev–Trinajstić information content (AvgIpc) is 2.98. The van der Waals surface area contributed by atoms with E-state index in [0.717, 1.165) is 29.1 Å². The number of hydrogen-bond donors (Lipinski definition) is 0. The van der Waals surface area contributed by atoms with Gasteiger partial charge in [0.1, 0.15) is 6.73 Å². The zero-order valence-corrected chi connectivity index (χ0v) is 22.3. The van der Waals surface area contributed by atoms with E-state index in [4.69, 9.17) is 9.16 Å². The van der Waals surface area contributed by atoms with E-state index in [0.29, 0.717) is 13.3 Å². The Hall–Kier alpha value is -0.546. The predicted molar refractivity (Wildman–Crippen MR) is 126 cm³/mol. The summed E-state index contributed by atoms with van der Waals surface area (Å²) in [6, 6.07) is 1.15. The van der Waals surface area contributed by atoms with Crippen molar-refractivity contribution < 1.29 is 9.16 Å². The lowest BCUT2D eigenvalue weighted by Gasteiger charge is -2.36. The standard InChI is InChI=1S/C20H36BrN3O2Si2/c1-20(2,3)28(7,8)26-14-18(21)17-13-22-11-16-12-23-24(19(16)17)15-25-9-10-27(4,5)6/h11-13,18H,9-10,14-15H2,1-8H3. The third-order valence-corrected chi connectivity index (χ3v) is 12.5. The molecule has 0 saturated heterocycles. The molecular formula is C20H36BrN3O2Si2. The van der Waals surface area contributed by atoms with Crippen LogP contribution in [0.2, 0.25) is 43.8 Å². The maximum atomic E-state index is 6.42. The number of pyridine rings is 1. The van der Waals surface area contributed by atoms with Gasteiger partial charge >= 0.3 is 0 Å². The number of aromatic nitrogens is 3. The maximum Gasteiger partial charge on any atom is 0.192 e. The molecule has 0 N–H and O–H groups in total. The van der Waals surface area contributed by atoms with Crippen molar-refractivity contribution in [3.63, 3.8) is 0 Å². The molecule has 0 fully saturated rings. The number of halogens is 1. The van der Waals surface area contributed by atoms with Crippen LogP contribution in [0.5, 0.6) is 0 Å². The summed E-state index contributed by atoms with van der Waals surface area (Å²) in [7, 11) is -2.89. The Morgan fingerprint density at radius 1 is 1.11 bits per heavy atom. The van der Waals surface area contributed by atoms with Crippen LogP contribution >= 0.6 is 15.9 Å². The van der Waals surface area contributed by atoms with E-state index in [9.17, 15) is 0 Å². The minimum Gasteiger partial charge on any atom is -0.415 e. The molecule has 2 rings (SSSR count). The largest absolute Gasteiger partial charge is 0.415 e. The lowest BCUT2D eigenvalue weighted by atomic mass is 10.1. The Morgan fingerprint density at radius 3 is 2.39 bits per heavy atom. The molecule has 0 saturated carbocycles. The molecule has 2 aromatic rings. The molecule has 0 spiro atoms. The van der Waals surface area contributed by atoms with Crippen LogP contribution in [0.25, 0.3) is 10.9 Å². The predicted octanol–water partition coefficient (Wildman–Crippen LogP) is 6.20. The lowest BCUT2D eigenvalue weighted by Crippen LogP contribution is -2.41. The quantitative estimate of drug-likeness (QED) is 0.241. The highest BCUT2D eigenvalue weighted by Crippen LogP contribution is 2.38. The number of alkyl halides is 1. The van der Waals surface area contributed by atoms with Gasteiger partial charge < -0.3 is 9.16 Å². The minimum atomic E-state index is -1.80. The van der Waals surface area contributed by atoms with Crippen molar-refractivity contribution in [3.05, 3.63) is 24.2 Å². The maximum absolute atomic E-state index is 6.42. The molecule has 0 aromatic carbocycles. The fourth-order valence-electron chi connectivity index (χ4n) is 2.51. The van der Waals surface area contributed by atoms with Gasteiger partial charge in [-0.3, -0.25) is 4.98 Å². The molecule has 2 heterocycles. The third kappa shape index (κ3) is 6.22. The van der Waals surface area contributed by atoms with Crippen LogP contribution in [0.3, 0.4) is 0 Å². The van der Waals surface area contributed by atoms with E-state index >= 15 is 0 Å². The summed E-state index contributed by atoms with van der Waals surface area (Å²) in [6.07, 6.45) is 5.64. The summed E-state index contributed by atoms with van der Waals surface area (Å²) in [6.45, 7) is 20.3. The van der Waals surface area contributed by atoms with Gasteiger partial charge in [0, 0.05) is 38.0 Å². The van der Waals surface area contributed by atoms with Gasteiger partial charge in [-0.1, -0.05) is 56.3 Å². The summed E-state index contributed by atoms with van der Waals surface area (Å²) < 4.78 is 14.3. The van der Waals surface area contributed by atoms with Gasteiger partial charge in [-0.15, -0.1) is 0 Å². The summed E-state index contributed by atoms with van der Waals surface area (Å²) in [5.74, 6) is 0. The fraction of sp³-hybridized carbons (Fsp3) is 0.700. The van der Waals surface area contributed by atoms with Gasteiger partial charge in [-0.2, -0.15) is 5.10 Å². The van der Waals surface area contributed by atoms with E-state index < -0.39 is 16.4 Å². The average molecular weight is 487 g/mol. The van der Waals surface area contributed by atoms with Crippen molar-refractivity contribution in [2.45, 2.75) is 76.1 Å². The van der Waals surface area contributed by atoms with E-state index in [-0.39, 0.29) is 9.87 Å². The van der Waals surface area contributed by atoms with Crippen LogP contribution in [-0.4, -0.2) is 44.4 Å². The van der Waals surface area contributed by atoms with Gasteiger partial charge in [-0.25, -0.2) is 4.68 Å². The molecule has 1 atom stereocenters. The minimum absolute atomic E-state index is 0.0651. The normalized spacial score (nSPS) is 14.6. The second-order valence-corrected chi connectivity index (χ2v) is 21.7. The Kier molecular flexibility index (Phi) is 7.69. The summed E-state index contributed by atoms with van der Waals surface area (Å²) in [5, 5.41) is 5.75. The van der Waals surface area contributed by atoms with Gasteiger partial charge in [0.2, 0.25) is 0 Å². The molecule has 0 bridgehead atoms. The van der Waals surface area contributed by atoms with Gasteiger partial charge in [0.05, 0.1) is 23.1 Å². The molecule has 2 aromatic heterocycles. The zero-order chi connectivity index (χ0) is 21.2. The number of hydrogen-bond acceptors (Lipinski definition) is 4. The number of ether oxygens (including phenoxy) is 1. The molecule has 8 heteroatoms. The van der Waals surface area contributed by atoms with E-state index in [2.05, 4.69) is 79.5 Å². The van der Waals surface area contributed by atoms with Gasteiger partial charge in [0.25, 0.3) is 0 Å². The van der Waals surface area contributed by atoms with Crippen molar-refractivity contribution >= 4 is 43.2 Å². The molecule has 1 unspecified atom stereocenters. The monoisotopic (exact) mass is 485 g/mol. The summed E-state index contributed by atoms with van der Waals surface area (Å²) in [4.78, 5) is 4.47. The number of rotatable bonds is 9. The van der Waals surface area contributed by atoms with Gasteiger partial charge in [0.15, 0.2) is 8.32 Å². The molecule has 0 aliphatic rings. The number of fused-ring (bicyclic) bond motifs is 1. The number of nitrogens with zero attached hydrogens (tertiary/aromatic N) is 3. The van der Waals surface area contributed by atoms with E-state index in [1.165, 1.54) is 0 Å². The van der Waals surface area contributed by atoms with Crippen LogP contribution in [0.1, 0.15) is 31.2 Å². The zero-order valence-electron chi connectivity index (χ0n) is 18.7. The van der Waals surface area contributed by atoms with Crippen molar-refractivity contribution in [2.24, 2.45) is 0 Å². The second kappa shape index (κ2) is 9.08. The van der Waals surface area contributed by atoms with Crippen LogP contribution in [-0.2, 0) is 15.9 Å². The molecule has 158 valence electrons. The molecule has 28 heavy (non-hydrogen) atoms. The van der Waals surface area contributed by atoms with Gasteiger partial charge in [-0.05, 0) is 24.2 Å². The molecule has 0 radical (unpaired) electrons. The highest BCUT2D eigenvalue weighted by molar-refractivity contribution is 9.09. The first-order chi connectivity index (χ1) is 12.8. The molecule has 0 aliphatic heterocycles. The first kappa shape index (κ1) is 23.7. The highest BCUT2D eigenvalue weighted by atomic mass is 79.9. The van der Waals surface area contributed by atoms with Crippen LogP contribution in [0.15, 0.2) is 18.6 Å². The smallest absolute Gasteiger partial charge is 0.192 e. The third-order valence-electron chi connectivity index (χ3n) is 5.51. The van der Waals surface area contributed by atoms with Crippen molar-refractivity contribution in [3.8, 4) is 0 Å². The molecular weight excluding hydrogens is 450 g/mol. The second-order valence-electron chi connectivity index (χ2n) is 10.2. The highest BCUT2D eigenvalue weighted by Gasteiger charge is 2.37. The topological polar surface area (TPSA) is 49.2 Å². The van der Waals surface area contributed by atoms with E-state index in [1.54, 1.807) is 0 Å². The van der Waals surface area contributed by atoms with Crippen molar-refractivity contribution in [1.82, 2.24) is 14.8 Å². The van der Waals surface area contributed by atoms with Crippen LogP contribution in [0.4, 0.5) is 0 Å². The summed E-state index contributed by atoms with van der Waals surface area (Å²) >= 11 is 3.83. The molecule has 0 aliphatic carbocycles. The molecule has 5 nitrogen and oxygen atoms in total. The van der Waals surface area contributed by atoms with E-state index in [1.807, 2.05) is 23.3 Å².